The highest BCUT2D eigenvalue weighted by atomic mass is 14.9. The van der Waals surface area contributed by atoms with E-state index < -0.39 is 0 Å². The number of nitrogens with zero attached hydrogens (tertiary/aromatic N) is 3. The molecule has 4 rings (SSSR count). The second-order valence-electron chi connectivity index (χ2n) is 9.92. The molecule has 3 heteroatoms. The summed E-state index contributed by atoms with van der Waals surface area (Å²) in [5.41, 5.74) is 8.88. The van der Waals surface area contributed by atoms with E-state index in [1.807, 2.05) is 12.4 Å². The van der Waals surface area contributed by atoms with Crippen LogP contribution in [0.2, 0.25) is 0 Å². The van der Waals surface area contributed by atoms with Crippen LogP contribution in [0.1, 0.15) is 43.3 Å². The first-order valence-corrected chi connectivity index (χ1v) is 10.9. The highest BCUT2D eigenvalue weighted by molar-refractivity contribution is 6.02. The fourth-order valence-electron chi connectivity index (χ4n) is 4.33. The zero-order valence-corrected chi connectivity index (χ0v) is 19.7. The SMILES string of the molecule is Cc1cc(C)c(C)c(-c2c3cccc(-c4cnc(CC(C)(C)C)nc4)c3cc[n+]2C)c1. The number of pyridine rings is 1. The number of fused-ring (bicyclic) bond motifs is 1. The normalized spacial score (nSPS) is 11.8. The summed E-state index contributed by atoms with van der Waals surface area (Å²) in [5.74, 6) is 0.898. The standard InChI is InChI=1S/C28H32N3/c1-18-13-19(2)20(3)25(14-18)27-24-10-8-9-22(23(24)11-12-31(27)7)21-16-29-26(30-17-21)15-28(4,5)6/h8-14,16-17H,15H2,1-7H3/q+1. The Kier molecular flexibility index (Phi) is 5.38. The molecule has 0 aliphatic carbocycles. The Morgan fingerprint density at radius 3 is 2.26 bits per heavy atom. The van der Waals surface area contributed by atoms with Crippen molar-refractivity contribution < 1.29 is 4.57 Å². The summed E-state index contributed by atoms with van der Waals surface area (Å²) in [7, 11) is 2.13. The highest BCUT2D eigenvalue weighted by Gasteiger charge is 2.20. The molecule has 31 heavy (non-hydrogen) atoms. The number of hydrogen-bond donors (Lipinski definition) is 0. The van der Waals surface area contributed by atoms with Crippen molar-refractivity contribution in [1.82, 2.24) is 9.97 Å². The quantitative estimate of drug-likeness (QED) is 0.371. The number of hydrogen-bond acceptors (Lipinski definition) is 2. The van der Waals surface area contributed by atoms with Gasteiger partial charge in [-0.2, -0.15) is 0 Å². The van der Waals surface area contributed by atoms with Crippen LogP contribution in [-0.4, -0.2) is 9.97 Å². The fourth-order valence-corrected chi connectivity index (χ4v) is 4.33. The van der Waals surface area contributed by atoms with Crippen LogP contribution in [-0.2, 0) is 13.5 Å². The lowest BCUT2D eigenvalue weighted by Crippen LogP contribution is -2.31. The van der Waals surface area contributed by atoms with Gasteiger partial charge in [-0.25, -0.2) is 14.5 Å². The summed E-state index contributed by atoms with van der Waals surface area (Å²) in [5, 5.41) is 2.47. The Morgan fingerprint density at radius 2 is 1.58 bits per heavy atom. The van der Waals surface area contributed by atoms with Gasteiger partial charge >= 0.3 is 0 Å². The van der Waals surface area contributed by atoms with Gasteiger partial charge in [0.05, 0.1) is 10.9 Å². The number of aryl methyl sites for hydroxylation is 3. The molecule has 0 spiro atoms. The summed E-state index contributed by atoms with van der Waals surface area (Å²) in [6.45, 7) is 13.2. The third-order valence-corrected chi connectivity index (χ3v) is 5.95. The van der Waals surface area contributed by atoms with Crippen LogP contribution in [0.5, 0.6) is 0 Å². The molecule has 4 aromatic rings. The maximum Gasteiger partial charge on any atom is 0.220 e. The van der Waals surface area contributed by atoms with Crippen molar-refractivity contribution in [1.29, 1.82) is 0 Å². The van der Waals surface area contributed by atoms with Crippen LogP contribution in [0.25, 0.3) is 33.2 Å². The van der Waals surface area contributed by atoms with Gasteiger partial charge in [0.15, 0.2) is 6.20 Å². The predicted octanol–water partition coefficient (Wildman–Crippen LogP) is 6.30. The van der Waals surface area contributed by atoms with Crippen molar-refractivity contribution in [2.45, 2.75) is 48.0 Å². The molecule has 0 saturated carbocycles. The molecule has 0 bridgehead atoms. The molecule has 0 amide bonds. The van der Waals surface area contributed by atoms with Gasteiger partial charge in [-0.1, -0.05) is 44.5 Å². The minimum Gasteiger partial charge on any atom is -0.241 e. The van der Waals surface area contributed by atoms with Crippen LogP contribution < -0.4 is 4.57 Å². The first kappa shape index (κ1) is 21.2. The molecule has 2 aromatic carbocycles. The molecule has 0 fully saturated rings. The second kappa shape index (κ2) is 7.88. The number of rotatable bonds is 3. The number of benzene rings is 2. The zero-order valence-electron chi connectivity index (χ0n) is 19.7. The summed E-state index contributed by atoms with van der Waals surface area (Å²) >= 11 is 0. The van der Waals surface area contributed by atoms with E-state index in [4.69, 9.17) is 0 Å². The van der Waals surface area contributed by atoms with Gasteiger partial charge in [-0.3, -0.25) is 0 Å². The summed E-state index contributed by atoms with van der Waals surface area (Å²) in [6.07, 6.45) is 6.97. The van der Waals surface area contributed by atoms with Crippen molar-refractivity contribution in [3.05, 3.63) is 77.5 Å². The van der Waals surface area contributed by atoms with Crippen molar-refractivity contribution in [3.63, 3.8) is 0 Å². The Bertz CT molecular complexity index is 1260. The van der Waals surface area contributed by atoms with Gasteiger partial charge in [-0.05, 0) is 55.0 Å². The summed E-state index contributed by atoms with van der Waals surface area (Å²) < 4.78 is 2.23. The first-order chi connectivity index (χ1) is 14.6. The van der Waals surface area contributed by atoms with E-state index in [1.54, 1.807) is 0 Å². The van der Waals surface area contributed by atoms with Gasteiger partial charge < -0.3 is 0 Å². The summed E-state index contributed by atoms with van der Waals surface area (Å²) in [4.78, 5) is 9.33. The van der Waals surface area contributed by atoms with E-state index in [0.717, 1.165) is 17.8 Å². The Hall–Kier alpha value is -3.07. The van der Waals surface area contributed by atoms with E-state index >= 15 is 0 Å². The van der Waals surface area contributed by atoms with Crippen molar-refractivity contribution in [2.24, 2.45) is 12.5 Å². The minimum atomic E-state index is 0.175. The van der Waals surface area contributed by atoms with Gasteiger partial charge in [0.25, 0.3) is 0 Å². The minimum absolute atomic E-state index is 0.175. The zero-order chi connectivity index (χ0) is 22.3. The molecule has 0 atom stereocenters. The van der Waals surface area contributed by atoms with Gasteiger partial charge in [-0.15, -0.1) is 0 Å². The Morgan fingerprint density at radius 1 is 0.871 bits per heavy atom. The van der Waals surface area contributed by atoms with E-state index in [1.165, 1.54) is 44.3 Å². The predicted molar refractivity (Wildman–Crippen MR) is 129 cm³/mol. The molecule has 2 heterocycles. The van der Waals surface area contributed by atoms with Crippen LogP contribution in [0.3, 0.4) is 0 Å². The third-order valence-electron chi connectivity index (χ3n) is 5.95. The largest absolute Gasteiger partial charge is 0.241 e. The second-order valence-corrected chi connectivity index (χ2v) is 9.92. The molecular weight excluding hydrogens is 378 g/mol. The Balaban J connectivity index is 1.89. The highest BCUT2D eigenvalue weighted by Crippen LogP contribution is 2.34. The smallest absolute Gasteiger partial charge is 0.220 e. The van der Waals surface area contributed by atoms with E-state index in [0.29, 0.717) is 0 Å². The lowest BCUT2D eigenvalue weighted by atomic mass is 9.91. The molecular formula is C28H32N3+. The van der Waals surface area contributed by atoms with Crippen molar-refractivity contribution in [2.75, 3.05) is 0 Å². The lowest BCUT2D eigenvalue weighted by molar-refractivity contribution is -0.659. The van der Waals surface area contributed by atoms with E-state index in [-0.39, 0.29) is 5.41 Å². The first-order valence-electron chi connectivity index (χ1n) is 10.9. The van der Waals surface area contributed by atoms with Crippen LogP contribution >= 0.6 is 0 Å². The van der Waals surface area contributed by atoms with Gasteiger partial charge in [0.1, 0.15) is 12.9 Å². The van der Waals surface area contributed by atoms with Crippen LogP contribution in [0, 0.1) is 26.2 Å². The maximum absolute atomic E-state index is 4.67. The number of aromatic nitrogens is 3. The fraction of sp³-hybridized carbons (Fsp3) is 0.321. The van der Waals surface area contributed by atoms with Gasteiger partial charge in [0.2, 0.25) is 5.69 Å². The maximum atomic E-state index is 4.67. The van der Waals surface area contributed by atoms with Gasteiger partial charge in [0, 0.05) is 35.8 Å². The molecule has 0 radical (unpaired) electrons. The molecule has 0 N–H and O–H groups in total. The molecule has 0 aliphatic rings. The van der Waals surface area contributed by atoms with Crippen LogP contribution in [0.15, 0.2) is 55.0 Å². The van der Waals surface area contributed by atoms with Crippen molar-refractivity contribution >= 4 is 10.8 Å². The average molecular weight is 411 g/mol. The molecule has 158 valence electrons. The van der Waals surface area contributed by atoms with Crippen LogP contribution in [0.4, 0.5) is 0 Å². The summed E-state index contributed by atoms with van der Waals surface area (Å²) in [6, 6.07) is 13.3. The Labute approximate surface area is 185 Å². The van der Waals surface area contributed by atoms with E-state index in [2.05, 4.69) is 106 Å². The lowest BCUT2D eigenvalue weighted by Gasteiger charge is -2.16. The molecule has 0 saturated heterocycles. The average Bonchev–Trinajstić information content (AvgIpc) is 2.70. The molecule has 3 nitrogen and oxygen atoms in total. The molecule has 2 aromatic heterocycles. The van der Waals surface area contributed by atoms with Crippen molar-refractivity contribution in [3.8, 4) is 22.4 Å². The third kappa shape index (κ3) is 4.23. The monoisotopic (exact) mass is 410 g/mol. The molecule has 0 aliphatic heterocycles. The van der Waals surface area contributed by atoms with E-state index in [9.17, 15) is 0 Å². The molecule has 0 unspecified atom stereocenters. The topological polar surface area (TPSA) is 29.7 Å².